The van der Waals surface area contributed by atoms with Crippen LogP contribution in [0, 0.1) is 0 Å². The van der Waals surface area contributed by atoms with Gasteiger partial charge in [0.15, 0.2) is 28.0 Å². The number of fused-ring (bicyclic) bond motifs is 1. The maximum absolute atomic E-state index is 12.5. The Morgan fingerprint density at radius 3 is 1.72 bits per heavy atom. The summed E-state index contributed by atoms with van der Waals surface area (Å²) in [4.78, 5) is 40.5. The Bertz CT molecular complexity index is 2580. The van der Waals surface area contributed by atoms with Gasteiger partial charge in [-0.15, -0.1) is 0 Å². The van der Waals surface area contributed by atoms with Gasteiger partial charge in [0.25, 0.3) is 11.8 Å². The third kappa shape index (κ3) is 15.0. The number of hydrogen-bond donors (Lipinski definition) is 4. The molecule has 0 aliphatic carbocycles. The van der Waals surface area contributed by atoms with Crippen molar-refractivity contribution in [1.82, 2.24) is 15.6 Å². The molecule has 0 saturated heterocycles. The minimum Gasteiger partial charge on any atom is -0.489 e. The number of ether oxygens (including phenoxy) is 3. The summed E-state index contributed by atoms with van der Waals surface area (Å²) in [6, 6.07) is 45.6. The highest BCUT2D eigenvalue weighted by Crippen LogP contribution is 2.20. The van der Waals surface area contributed by atoms with Crippen molar-refractivity contribution >= 4 is 68.8 Å². The zero-order chi connectivity index (χ0) is 43.2. The number of amides is 2. The van der Waals surface area contributed by atoms with Crippen LogP contribution < -0.4 is 40.9 Å². The summed E-state index contributed by atoms with van der Waals surface area (Å²) in [5.74, 6) is 0.772. The molecule has 2 heterocycles. The first-order valence-electron chi connectivity index (χ1n) is 19.1. The lowest BCUT2D eigenvalue weighted by Gasteiger charge is -2.12. The molecule has 0 unspecified atom stereocenters. The van der Waals surface area contributed by atoms with E-state index in [1.807, 2.05) is 111 Å². The number of hydrogen-bond acceptors (Lipinski definition) is 10. The van der Waals surface area contributed by atoms with Gasteiger partial charge in [-0.3, -0.25) is 30.0 Å². The number of aromatic nitrogens is 1. The molecule has 0 radical (unpaired) electrons. The summed E-state index contributed by atoms with van der Waals surface area (Å²) in [6.45, 7) is 4.75. The zero-order valence-electron chi connectivity index (χ0n) is 33.3. The van der Waals surface area contributed by atoms with Crippen LogP contribution in [0.5, 0.6) is 17.2 Å². The van der Waals surface area contributed by atoms with Crippen LogP contribution in [0.3, 0.4) is 0 Å². The number of carbonyl (C=O) groups is 2. The Morgan fingerprint density at radius 1 is 0.607 bits per heavy atom. The number of pyridine rings is 1. The summed E-state index contributed by atoms with van der Waals surface area (Å²) in [5.41, 5.74) is 3.54. The van der Waals surface area contributed by atoms with Crippen LogP contribution in [0.15, 0.2) is 173 Å². The summed E-state index contributed by atoms with van der Waals surface area (Å²) < 4.78 is 22.4. The number of rotatable bonds is 12. The van der Waals surface area contributed by atoms with E-state index >= 15 is 0 Å². The second kappa shape index (κ2) is 23.9. The Labute approximate surface area is 363 Å². The van der Waals surface area contributed by atoms with Crippen molar-refractivity contribution in [1.29, 1.82) is 0 Å². The first kappa shape index (κ1) is 44.7. The fourth-order valence-electron chi connectivity index (χ4n) is 5.26. The normalized spacial score (nSPS) is 10.0. The van der Waals surface area contributed by atoms with E-state index in [2.05, 4.69) is 26.3 Å². The summed E-state index contributed by atoms with van der Waals surface area (Å²) in [5, 5.41) is 11.6. The molecule has 2 aromatic heterocycles. The van der Waals surface area contributed by atoms with E-state index in [-0.39, 0.29) is 33.9 Å². The van der Waals surface area contributed by atoms with E-state index < -0.39 is 5.91 Å². The number of nitrogens with one attached hydrogen (secondary N) is 4. The molecule has 14 heteroatoms. The van der Waals surface area contributed by atoms with Crippen molar-refractivity contribution in [3.8, 4) is 17.2 Å². The van der Waals surface area contributed by atoms with E-state index in [1.165, 1.54) is 6.20 Å². The SMILES string of the molecule is CC.O=C(COc1cccnc1)NC(=S)Nc1cccc(OCc2ccccc2)c1.O=C(NC(=S)Nc1cccc(OCc2ccccc2)c1)c1cc(=O)c2ccccc2o1. The minimum absolute atomic E-state index is 0.0704. The van der Waals surface area contributed by atoms with Crippen LogP contribution in [0.4, 0.5) is 11.4 Å². The lowest BCUT2D eigenvalue weighted by atomic mass is 10.2. The highest BCUT2D eigenvalue weighted by molar-refractivity contribution is 7.80. The van der Waals surface area contributed by atoms with Gasteiger partial charge in [0, 0.05) is 35.8 Å². The average molecular weight is 854 g/mol. The number of para-hydroxylation sites is 1. The molecule has 61 heavy (non-hydrogen) atoms. The lowest BCUT2D eigenvalue weighted by molar-refractivity contribution is -0.121. The Kier molecular flexibility index (Phi) is 17.5. The highest BCUT2D eigenvalue weighted by atomic mass is 32.1. The second-order valence-corrected chi connectivity index (χ2v) is 13.3. The van der Waals surface area contributed by atoms with Crippen molar-refractivity contribution in [3.05, 3.63) is 191 Å². The summed E-state index contributed by atoms with van der Waals surface area (Å²) in [6.07, 6.45) is 3.16. The molecule has 0 aliphatic heterocycles. The van der Waals surface area contributed by atoms with Gasteiger partial charge in [-0.25, -0.2) is 0 Å². The first-order valence-corrected chi connectivity index (χ1v) is 19.9. The zero-order valence-corrected chi connectivity index (χ0v) is 35.0. The van der Waals surface area contributed by atoms with Gasteiger partial charge in [0.1, 0.15) is 36.0 Å². The molecule has 0 fully saturated rings. The molecular formula is C47H43N5O7S2. The van der Waals surface area contributed by atoms with Gasteiger partial charge in [0.2, 0.25) is 0 Å². The van der Waals surface area contributed by atoms with Crippen LogP contribution in [0.2, 0.25) is 0 Å². The number of benzene rings is 5. The maximum Gasteiger partial charge on any atom is 0.293 e. The molecule has 0 aliphatic rings. The number of anilines is 2. The van der Waals surface area contributed by atoms with E-state index in [4.69, 9.17) is 43.1 Å². The highest BCUT2D eigenvalue weighted by Gasteiger charge is 2.14. The molecule has 4 N–H and O–H groups in total. The minimum atomic E-state index is -0.614. The third-order valence-electron chi connectivity index (χ3n) is 8.02. The van der Waals surface area contributed by atoms with Crippen molar-refractivity contribution in [2.45, 2.75) is 27.1 Å². The summed E-state index contributed by atoms with van der Waals surface area (Å²) >= 11 is 10.4. The molecule has 7 rings (SSSR count). The van der Waals surface area contributed by atoms with Gasteiger partial charge in [-0.1, -0.05) is 98.8 Å². The molecule has 310 valence electrons. The number of nitrogens with zero attached hydrogens (tertiary/aromatic N) is 1. The predicted octanol–water partition coefficient (Wildman–Crippen LogP) is 9.08. The van der Waals surface area contributed by atoms with Gasteiger partial charge in [-0.05, 0) is 84.1 Å². The largest absolute Gasteiger partial charge is 0.489 e. The van der Waals surface area contributed by atoms with Crippen LogP contribution >= 0.6 is 24.4 Å². The maximum atomic E-state index is 12.5. The average Bonchev–Trinajstić information content (AvgIpc) is 3.29. The summed E-state index contributed by atoms with van der Waals surface area (Å²) in [7, 11) is 0. The Hall–Kier alpha value is -7.42. The van der Waals surface area contributed by atoms with Crippen LogP contribution in [0.25, 0.3) is 11.0 Å². The van der Waals surface area contributed by atoms with Crippen LogP contribution in [0.1, 0.15) is 35.5 Å². The van der Waals surface area contributed by atoms with E-state index in [1.54, 1.807) is 54.7 Å². The van der Waals surface area contributed by atoms with Crippen molar-refractivity contribution in [2.75, 3.05) is 17.2 Å². The fourth-order valence-corrected chi connectivity index (χ4v) is 5.70. The smallest absolute Gasteiger partial charge is 0.293 e. The second-order valence-electron chi connectivity index (χ2n) is 12.5. The standard InChI is InChI=1S/C24H18N2O4S.C21H19N3O3S.C2H6/c27-20-14-22(30-21-12-5-4-11-19(20)21)23(28)26-24(31)25-17-9-6-10-18(13-17)29-15-16-7-2-1-3-8-16;25-20(15-27-19-10-5-11-22-13-19)24-21(28)23-17-8-4-9-18(12-17)26-14-16-6-2-1-3-7-16;1-2/h1-14H,15H2,(H2,25,26,28,31);1-13H,14-15H2,(H2,23,24,25,28);1-2H3. The monoisotopic (exact) mass is 853 g/mol. The van der Waals surface area contributed by atoms with E-state index in [9.17, 15) is 14.4 Å². The molecule has 12 nitrogen and oxygen atoms in total. The van der Waals surface area contributed by atoms with Gasteiger partial charge in [0.05, 0.1) is 11.6 Å². The first-order chi connectivity index (χ1) is 29.8. The van der Waals surface area contributed by atoms with Crippen molar-refractivity contribution < 1.29 is 28.2 Å². The topological polar surface area (TPSA) is 153 Å². The van der Waals surface area contributed by atoms with Crippen molar-refractivity contribution in [2.24, 2.45) is 0 Å². The molecule has 0 bridgehead atoms. The van der Waals surface area contributed by atoms with Crippen LogP contribution in [-0.4, -0.2) is 33.6 Å². The Morgan fingerprint density at radius 2 is 1.15 bits per heavy atom. The van der Waals surface area contributed by atoms with E-state index in [0.29, 0.717) is 52.8 Å². The Balaban J connectivity index is 0.000000223. The van der Waals surface area contributed by atoms with Gasteiger partial charge >= 0.3 is 0 Å². The van der Waals surface area contributed by atoms with E-state index in [0.717, 1.165) is 17.2 Å². The lowest BCUT2D eigenvalue weighted by Crippen LogP contribution is -2.37. The number of thiocarbonyl (C=S) groups is 2. The molecule has 0 spiro atoms. The number of carbonyl (C=O) groups excluding carboxylic acids is 2. The van der Waals surface area contributed by atoms with Crippen molar-refractivity contribution in [3.63, 3.8) is 0 Å². The fraction of sp³-hybridized carbons (Fsp3) is 0.106. The molecule has 0 atom stereocenters. The molecule has 7 aromatic rings. The predicted molar refractivity (Wildman–Crippen MR) is 246 cm³/mol. The molecule has 2 amide bonds. The third-order valence-corrected chi connectivity index (χ3v) is 8.43. The quantitative estimate of drug-likeness (QED) is 0.0868. The molecular weight excluding hydrogens is 811 g/mol. The van der Waals surface area contributed by atoms with Gasteiger partial charge in [-0.2, -0.15) is 0 Å². The van der Waals surface area contributed by atoms with Gasteiger partial charge < -0.3 is 29.3 Å². The molecule has 0 saturated carbocycles. The van der Waals surface area contributed by atoms with Crippen LogP contribution in [-0.2, 0) is 18.0 Å². The molecule has 5 aromatic carbocycles.